The van der Waals surface area contributed by atoms with E-state index in [9.17, 15) is 8.78 Å². The van der Waals surface area contributed by atoms with Crippen molar-refractivity contribution in [3.63, 3.8) is 0 Å². The molecule has 0 bridgehead atoms. The molecule has 1 aromatic heterocycles. The van der Waals surface area contributed by atoms with Gasteiger partial charge >= 0.3 is 0 Å². The molecule has 1 heterocycles. The van der Waals surface area contributed by atoms with Crippen molar-refractivity contribution >= 4 is 15.9 Å². The van der Waals surface area contributed by atoms with Gasteiger partial charge in [-0.15, -0.1) is 0 Å². The Hall–Kier alpha value is -1.22. The fourth-order valence-corrected chi connectivity index (χ4v) is 1.53. The average molecular weight is 263 g/mol. The largest absolute Gasteiger partial charge is 0.492 e. The normalized spacial score (nSPS) is 10.0. The number of hydrogen-bond donors (Lipinski definition) is 0. The van der Waals surface area contributed by atoms with Crippen molar-refractivity contribution in [3.8, 4) is 11.8 Å². The van der Waals surface area contributed by atoms with Crippen LogP contribution < -0.4 is 4.74 Å². The van der Waals surface area contributed by atoms with Crippen LogP contribution >= 0.6 is 15.9 Å². The summed E-state index contributed by atoms with van der Waals surface area (Å²) in [5, 5.41) is 8.60. The Bertz CT molecular complexity index is 390. The second kappa shape index (κ2) is 4.33. The first-order chi connectivity index (χ1) is 6.61. The molecule has 0 aliphatic heterocycles. The molecule has 0 radical (unpaired) electrons. The van der Waals surface area contributed by atoms with Crippen molar-refractivity contribution in [1.82, 2.24) is 4.98 Å². The van der Waals surface area contributed by atoms with Crippen LogP contribution in [0.2, 0.25) is 0 Å². The van der Waals surface area contributed by atoms with Crippen molar-refractivity contribution < 1.29 is 13.5 Å². The molecule has 14 heavy (non-hydrogen) atoms. The molecule has 0 N–H and O–H groups in total. The fourth-order valence-electron chi connectivity index (χ4n) is 0.902. The highest BCUT2D eigenvalue weighted by atomic mass is 79.9. The maximum atomic E-state index is 12.4. The first-order valence-electron chi connectivity index (χ1n) is 3.52. The average Bonchev–Trinajstić information content (AvgIpc) is 2.16. The van der Waals surface area contributed by atoms with Crippen LogP contribution in [-0.4, -0.2) is 12.1 Å². The minimum Gasteiger partial charge on any atom is -0.492 e. The lowest BCUT2D eigenvalue weighted by Crippen LogP contribution is -1.97. The van der Waals surface area contributed by atoms with Crippen LogP contribution in [0.3, 0.4) is 0 Å². The molecule has 0 saturated heterocycles. The monoisotopic (exact) mass is 262 g/mol. The summed E-state index contributed by atoms with van der Waals surface area (Å²) in [6.07, 6.45) is -1.70. The molecule has 0 amide bonds. The van der Waals surface area contributed by atoms with Gasteiger partial charge in [-0.25, -0.2) is 13.8 Å². The number of nitrogens with zero attached hydrogens (tertiary/aromatic N) is 2. The van der Waals surface area contributed by atoms with Crippen LogP contribution in [0.15, 0.2) is 10.7 Å². The molecule has 0 aliphatic rings. The number of halogens is 3. The van der Waals surface area contributed by atoms with Crippen molar-refractivity contribution in [3.05, 3.63) is 21.9 Å². The maximum Gasteiger partial charge on any atom is 0.266 e. The zero-order chi connectivity index (χ0) is 10.7. The molecule has 0 aromatic carbocycles. The summed E-state index contributed by atoms with van der Waals surface area (Å²) in [5.41, 5.74) is -0.315. The first kappa shape index (κ1) is 10.9. The number of alkyl halides is 2. The van der Waals surface area contributed by atoms with Crippen LogP contribution in [0, 0.1) is 11.3 Å². The van der Waals surface area contributed by atoms with Crippen LogP contribution in [0.25, 0.3) is 0 Å². The van der Waals surface area contributed by atoms with Gasteiger partial charge in [0.25, 0.3) is 6.43 Å². The van der Waals surface area contributed by atoms with Crippen molar-refractivity contribution in [1.29, 1.82) is 5.26 Å². The van der Waals surface area contributed by atoms with Crippen LogP contribution in [-0.2, 0) is 0 Å². The number of hydrogen-bond acceptors (Lipinski definition) is 3. The quantitative estimate of drug-likeness (QED) is 0.823. The lowest BCUT2D eigenvalue weighted by Gasteiger charge is -2.08. The van der Waals surface area contributed by atoms with E-state index in [2.05, 4.69) is 20.9 Å². The highest BCUT2D eigenvalue weighted by Crippen LogP contribution is 2.35. The Labute approximate surface area is 87.5 Å². The van der Waals surface area contributed by atoms with Gasteiger partial charge in [-0.2, -0.15) is 5.26 Å². The molecule has 0 atom stereocenters. The summed E-state index contributed by atoms with van der Waals surface area (Å²) in [6.45, 7) is 0. The Morgan fingerprint density at radius 2 is 2.29 bits per heavy atom. The molecule has 0 spiro atoms. The Morgan fingerprint density at radius 3 is 2.71 bits per heavy atom. The highest BCUT2D eigenvalue weighted by molar-refractivity contribution is 9.10. The van der Waals surface area contributed by atoms with Crippen LogP contribution in [0.1, 0.15) is 17.7 Å². The number of nitriles is 1. The van der Waals surface area contributed by atoms with Gasteiger partial charge < -0.3 is 4.74 Å². The van der Waals surface area contributed by atoms with Gasteiger partial charge in [-0.3, -0.25) is 0 Å². The summed E-state index contributed by atoms with van der Waals surface area (Å²) >= 11 is 2.94. The molecule has 74 valence electrons. The van der Waals surface area contributed by atoms with Gasteiger partial charge in [0.05, 0.1) is 17.1 Å². The van der Waals surface area contributed by atoms with Gasteiger partial charge in [0.2, 0.25) is 0 Å². The zero-order valence-corrected chi connectivity index (χ0v) is 8.68. The van der Waals surface area contributed by atoms with Gasteiger partial charge in [-0.1, -0.05) is 0 Å². The molecule has 6 heteroatoms. The van der Waals surface area contributed by atoms with E-state index in [0.29, 0.717) is 0 Å². The van der Waals surface area contributed by atoms with E-state index in [1.54, 1.807) is 6.07 Å². The lowest BCUT2D eigenvalue weighted by atomic mass is 10.2. The summed E-state index contributed by atoms with van der Waals surface area (Å²) in [5.74, 6) is 0.0327. The molecule has 0 fully saturated rings. The van der Waals surface area contributed by atoms with E-state index >= 15 is 0 Å². The van der Waals surface area contributed by atoms with E-state index in [1.165, 1.54) is 7.11 Å². The van der Waals surface area contributed by atoms with Gasteiger partial charge in [0.15, 0.2) is 11.4 Å². The third-order valence-electron chi connectivity index (χ3n) is 1.55. The van der Waals surface area contributed by atoms with Gasteiger partial charge in [0, 0.05) is 6.20 Å². The number of methoxy groups -OCH3 is 1. The van der Waals surface area contributed by atoms with E-state index in [0.717, 1.165) is 6.20 Å². The second-order valence-corrected chi connectivity index (χ2v) is 3.11. The molecular formula is C8H5BrF2N2O. The smallest absolute Gasteiger partial charge is 0.266 e. The van der Waals surface area contributed by atoms with Crippen LogP contribution in [0.5, 0.6) is 5.75 Å². The van der Waals surface area contributed by atoms with Gasteiger partial charge in [-0.05, 0) is 15.9 Å². The Balaban J connectivity index is 3.37. The third kappa shape index (κ3) is 1.82. The number of pyridine rings is 1. The highest BCUT2D eigenvalue weighted by Gasteiger charge is 2.19. The minimum absolute atomic E-state index is 0.0243. The molecule has 1 rings (SSSR count). The zero-order valence-electron chi connectivity index (χ0n) is 7.09. The van der Waals surface area contributed by atoms with Crippen molar-refractivity contribution in [2.24, 2.45) is 0 Å². The summed E-state index contributed by atoms with van der Waals surface area (Å²) in [4.78, 5) is 3.55. The third-order valence-corrected chi connectivity index (χ3v) is 2.36. The number of ether oxygens (including phenoxy) is 1. The van der Waals surface area contributed by atoms with Crippen LogP contribution in [0.4, 0.5) is 8.78 Å². The second-order valence-electron chi connectivity index (χ2n) is 2.32. The number of rotatable bonds is 2. The van der Waals surface area contributed by atoms with E-state index in [1.807, 2.05) is 0 Å². The standard InChI is InChI=1S/C8H5BrF2N2O/c1-14-7-5(2-12)13-3-4(6(7)9)8(10)11/h3,8H,1H3. The molecule has 0 unspecified atom stereocenters. The first-order valence-corrected chi connectivity index (χ1v) is 4.31. The van der Waals surface area contributed by atoms with E-state index in [-0.39, 0.29) is 21.5 Å². The van der Waals surface area contributed by atoms with Crippen molar-refractivity contribution in [2.45, 2.75) is 6.43 Å². The lowest BCUT2D eigenvalue weighted by molar-refractivity contribution is 0.149. The predicted molar refractivity (Wildman–Crippen MR) is 48.2 cm³/mol. The molecular weight excluding hydrogens is 258 g/mol. The number of aromatic nitrogens is 1. The Morgan fingerprint density at radius 1 is 1.64 bits per heavy atom. The summed E-state index contributed by atoms with van der Waals surface area (Å²) in [6, 6.07) is 1.74. The summed E-state index contributed by atoms with van der Waals surface area (Å²) < 4.78 is 29.6. The molecule has 1 aromatic rings. The van der Waals surface area contributed by atoms with Gasteiger partial charge in [0.1, 0.15) is 6.07 Å². The topological polar surface area (TPSA) is 45.9 Å². The summed E-state index contributed by atoms with van der Waals surface area (Å²) in [7, 11) is 1.29. The molecule has 0 saturated carbocycles. The Kier molecular flexibility index (Phi) is 3.36. The fraction of sp³-hybridized carbons (Fsp3) is 0.250. The van der Waals surface area contributed by atoms with Crippen molar-refractivity contribution in [2.75, 3.05) is 7.11 Å². The SMILES string of the molecule is COc1c(C#N)ncc(C(F)F)c1Br. The maximum absolute atomic E-state index is 12.4. The molecule has 3 nitrogen and oxygen atoms in total. The predicted octanol–water partition coefficient (Wildman–Crippen LogP) is 2.66. The van der Waals surface area contributed by atoms with E-state index < -0.39 is 6.43 Å². The van der Waals surface area contributed by atoms with E-state index in [4.69, 9.17) is 10.00 Å². The minimum atomic E-state index is -2.65. The molecule has 0 aliphatic carbocycles.